The maximum atomic E-state index is 11.2. The molecule has 1 heterocycles. The topological polar surface area (TPSA) is 51.2 Å². The quantitative estimate of drug-likeness (QED) is 0.901. The Hall–Kier alpha value is -2.07. The number of ether oxygens (including phenoxy) is 1. The average Bonchev–Trinajstić information content (AvgIpc) is 3.30. The average molecular weight is 317 g/mol. The summed E-state index contributed by atoms with van der Waals surface area (Å²) >= 11 is 5.95. The lowest BCUT2D eigenvalue weighted by atomic mass is 10.1. The second-order valence-electron chi connectivity index (χ2n) is 5.52. The van der Waals surface area contributed by atoms with Crippen molar-refractivity contribution in [1.82, 2.24) is 4.98 Å². The summed E-state index contributed by atoms with van der Waals surface area (Å²) in [6, 6.07) is 9.36. The van der Waals surface area contributed by atoms with Gasteiger partial charge in [0.05, 0.1) is 18.5 Å². The number of carbonyl (C=O) groups is 1. The Morgan fingerprint density at radius 2 is 2.09 bits per heavy atom. The van der Waals surface area contributed by atoms with Crippen molar-refractivity contribution in [1.29, 1.82) is 0 Å². The molecular weight excluding hydrogens is 300 g/mol. The van der Waals surface area contributed by atoms with Gasteiger partial charge in [-0.15, -0.1) is 0 Å². The predicted octanol–water partition coefficient (Wildman–Crippen LogP) is 4.15. The maximum absolute atomic E-state index is 11.2. The number of rotatable bonds is 5. The van der Waals surface area contributed by atoms with Gasteiger partial charge in [0.15, 0.2) is 0 Å². The predicted molar refractivity (Wildman–Crippen MR) is 87.2 cm³/mol. The first-order valence-corrected chi connectivity index (χ1v) is 7.66. The van der Waals surface area contributed by atoms with Crippen LogP contribution in [0.4, 0.5) is 5.69 Å². The molecule has 114 valence electrons. The Morgan fingerprint density at radius 1 is 1.36 bits per heavy atom. The Morgan fingerprint density at radius 3 is 2.73 bits per heavy atom. The zero-order valence-corrected chi connectivity index (χ0v) is 13.1. The first-order valence-electron chi connectivity index (χ1n) is 7.28. The van der Waals surface area contributed by atoms with Crippen molar-refractivity contribution in [3.05, 3.63) is 41.6 Å². The van der Waals surface area contributed by atoms with E-state index in [2.05, 4.69) is 10.3 Å². The summed E-state index contributed by atoms with van der Waals surface area (Å²) in [7, 11) is 0. The number of amides is 1. The van der Waals surface area contributed by atoms with E-state index in [0.717, 1.165) is 11.1 Å². The van der Waals surface area contributed by atoms with Gasteiger partial charge in [0.2, 0.25) is 11.8 Å². The van der Waals surface area contributed by atoms with E-state index in [1.807, 2.05) is 30.3 Å². The largest absolute Gasteiger partial charge is 0.477 e. The number of nitrogens with one attached hydrogen (secondary N) is 1. The van der Waals surface area contributed by atoms with Gasteiger partial charge < -0.3 is 10.1 Å². The van der Waals surface area contributed by atoms with Crippen LogP contribution in [0.2, 0.25) is 5.02 Å². The number of anilines is 1. The molecule has 5 heteroatoms. The molecule has 0 atom stereocenters. The molecule has 0 aliphatic heterocycles. The SMILES string of the molecule is CC(=O)Nc1cnc(OCC2CC2)c(-c2ccc(Cl)cc2)c1. The van der Waals surface area contributed by atoms with Crippen LogP contribution in [0.1, 0.15) is 19.8 Å². The van der Waals surface area contributed by atoms with E-state index in [1.165, 1.54) is 19.8 Å². The molecule has 22 heavy (non-hydrogen) atoms. The number of pyridine rings is 1. The number of hydrogen-bond acceptors (Lipinski definition) is 3. The first-order chi connectivity index (χ1) is 10.6. The molecule has 0 unspecified atom stereocenters. The molecule has 1 aromatic heterocycles. The van der Waals surface area contributed by atoms with Crippen molar-refractivity contribution in [2.24, 2.45) is 5.92 Å². The van der Waals surface area contributed by atoms with Gasteiger partial charge in [-0.2, -0.15) is 0 Å². The molecule has 1 aromatic carbocycles. The second-order valence-corrected chi connectivity index (χ2v) is 5.96. The van der Waals surface area contributed by atoms with E-state index < -0.39 is 0 Å². The van der Waals surface area contributed by atoms with E-state index in [4.69, 9.17) is 16.3 Å². The zero-order valence-electron chi connectivity index (χ0n) is 12.3. The van der Waals surface area contributed by atoms with Gasteiger partial charge in [0.1, 0.15) is 0 Å². The fourth-order valence-corrected chi connectivity index (χ4v) is 2.28. The standard InChI is InChI=1S/C17H17ClN2O2/c1-11(21)20-15-8-16(13-4-6-14(18)7-5-13)17(19-9-15)22-10-12-2-3-12/h4-9,12H,2-3,10H2,1H3,(H,20,21). The smallest absolute Gasteiger partial charge is 0.221 e. The molecule has 0 spiro atoms. The molecule has 0 saturated heterocycles. The highest BCUT2D eigenvalue weighted by Crippen LogP contribution is 2.34. The van der Waals surface area contributed by atoms with Crippen LogP contribution in [-0.4, -0.2) is 17.5 Å². The van der Waals surface area contributed by atoms with E-state index >= 15 is 0 Å². The number of carbonyl (C=O) groups excluding carboxylic acids is 1. The van der Waals surface area contributed by atoms with Crippen molar-refractivity contribution in [2.75, 3.05) is 11.9 Å². The number of aromatic nitrogens is 1. The number of hydrogen-bond donors (Lipinski definition) is 1. The lowest BCUT2D eigenvalue weighted by Gasteiger charge is -2.12. The minimum Gasteiger partial charge on any atom is -0.477 e. The van der Waals surface area contributed by atoms with E-state index in [9.17, 15) is 4.79 Å². The van der Waals surface area contributed by atoms with E-state index in [0.29, 0.717) is 29.1 Å². The van der Waals surface area contributed by atoms with E-state index in [1.54, 1.807) is 6.20 Å². The monoisotopic (exact) mass is 316 g/mol. The lowest BCUT2D eigenvalue weighted by molar-refractivity contribution is -0.114. The molecule has 1 aliphatic rings. The summed E-state index contributed by atoms with van der Waals surface area (Å²) in [5.74, 6) is 1.11. The zero-order chi connectivity index (χ0) is 15.5. The van der Waals surface area contributed by atoms with Crippen LogP contribution >= 0.6 is 11.6 Å². The summed E-state index contributed by atoms with van der Waals surface area (Å²) in [5, 5.41) is 3.42. The highest BCUT2D eigenvalue weighted by molar-refractivity contribution is 6.30. The highest BCUT2D eigenvalue weighted by Gasteiger charge is 2.23. The van der Waals surface area contributed by atoms with E-state index in [-0.39, 0.29) is 5.91 Å². The minimum atomic E-state index is -0.129. The lowest BCUT2D eigenvalue weighted by Crippen LogP contribution is -2.07. The number of benzene rings is 1. The highest BCUT2D eigenvalue weighted by atomic mass is 35.5. The summed E-state index contributed by atoms with van der Waals surface area (Å²) in [6.07, 6.45) is 4.06. The van der Waals surface area contributed by atoms with Crippen molar-refractivity contribution in [2.45, 2.75) is 19.8 Å². The molecule has 1 aliphatic carbocycles. The summed E-state index contributed by atoms with van der Waals surface area (Å²) < 4.78 is 5.85. The molecule has 4 nitrogen and oxygen atoms in total. The van der Waals surface area contributed by atoms with Gasteiger partial charge in [0, 0.05) is 17.5 Å². The molecule has 2 aromatic rings. The summed E-state index contributed by atoms with van der Waals surface area (Å²) in [5.41, 5.74) is 2.45. The van der Waals surface area contributed by atoms with Crippen molar-refractivity contribution < 1.29 is 9.53 Å². The van der Waals surface area contributed by atoms with Crippen LogP contribution in [0.5, 0.6) is 5.88 Å². The third-order valence-corrected chi connectivity index (χ3v) is 3.73. The van der Waals surface area contributed by atoms with Crippen LogP contribution in [-0.2, 0) is 4.79 Å². The van der Waals surface area contributed by atoms with Crippen LogP contribution < -0.4 is 10.1 Å². The molecular formula is C17H17ClN2O2. The molecule has 1 saturated carbocycles. The molecule has 1 fully saturated rings. The van der Waals surface area contributed by atoms with Crippen LogP contribution in [0.3, 0.4) is 0 Å². The maximum Gasteiger partial charge on any atom is 0.221 e. The van der Waals surface area contributed by atoms with Gasteiger partial charge >= 0.3 is 0 Å². The fraction of sp³-hybridized carbons (Fsp3) is 0.294. The summed E-state index contributed by atoms with van der Waals surface area (Å²) in [6.45, 7) is 2.16. The van der Waals surface area contributed by atoms with Gasteiger partial charge in [0.25, 0.3) is 0 Å². The van der Waals surface area contributed by atoms with Gasteiger partial charge in [-0.1, -0.05) is 23.7 Å². The number of nitrogens with zero attached hydrogens (tertiary/aromatic N) is 1. The third-order valence-electron chi connectivity index (χ3n) is 3.48. The molecule has 0 radical (unpaired) electrons. The Labute approximate surface area is 134 Å². The summed E-state index contributed by atoms with van der Waals surface area (Å²) in [4.78, 5) is 15.6. The van der Waals surface area contributed by atoms with Gasteiger partial charge in [-0.25, -0.2) is 4.98 Å². The first kappa shape index (κ1) is 14.9. The van der Waals surface area contributed by atoms with Crippen molar-refractivity contribution in [3.63, 3.8) is 0 Å². The van der Waals surface area contributed by atoms with Gasteiger partial charge in [-0.05, 0) is 42.5 Å². The normalized spacial score (nSPS) is 13.7. The van der Waals surface area contributed by atoms with Crippen LogP contribution in [0.15, 0.2) is 36.5 Å². The van der Waals surface area contributed by atoms with Crippen molar-refractivity contribution in [3.8, 4) is 17.0 Å². The third kappa shape index (κ3) is 3.77. The molecule has 1 amide bonds. The number of halogens is 1. The molecule has 1 N–H and O–H groups in total. The Bertz CT molecular complexity index is 682. The Kier molecular flexibility index (Phi) is 4.29. The molecule has 0 bridgehead atoms. The minimum absolute atomic E-state index is 0.129. The van der Waals surface area contributed by atoms with Gasteiger partial charge in [-0.3, -0.25) is 4.79 Å². The van der Waals surface area contributed by atoms with Crippen LogP contribution in [0.25, 0.3) is 11.1 Å². The fourth-order valence-electron chi connectivity index (χ4n) is 2.16. The van der Waals surface area contributed by atoms with Crippen LogP contribution in [0, 0.1) is 5.92 Å². The van der Waals surface area contributed by atoms with Crippen molar-refractivity contribution >= 4 is 23.2 Å². The Balaban J connectivity index is 1.93. The molecule has 3 rings (SSSR count). The second kappa shape index (κ2) is 6.36.